The van der Waals surface area contributed by atoms with Crippen molar-refractivity contribution < 1.29 is 0 Å². The molecule has 0 amide bonds. The Balaban J connectivity index is 2.00. The Morgan fingerprint density at radius 3 is 2.20 bits per heavy atom. The molecule has 0 unspecified atom stereocenters. The first-order valence-electron chi connectivity index (χ1n) is 7.32. The van der Waals surface area contributed by atoms with Crippen LogP contribution in [-0.2, 0) is 19.4 Å². The summed E-state index contributed by atoms with van der Waals surface area (Å²) in [6.07, 6.45) is 2.13. The molecule has 0 aromatic heterocycles. The summed E-state index contributed by atoms with van der Waals surface area (Å²) in [7, 11) is 0. The lowest BCUT2D eigenvalue weighted by molar-refractivity contribution is 0.887. The maximum absolute atomic E-state index is 4.15. The molecule has 1 nitrogen and oxygen atoms in total. The van der Waals surface area contributed by atoms with Crippen LogP contribution in [0.5, 0.6) is 0 Å². The van der Waals surface area contributed by atoms with Gasteiger partial charge in [-0.1, -0.05) is 62.9 Å². The zero-order valence-electron chi connectivity index (χ0n) is 12.4. The van der Waals surface area contributed by atoms with Gasteiger partial charge in [-0.2, -0.15) is 0 Å². The van der Waals surface area contributed by atoms with Crippen LogP contribution in [0.25, 0.3) is 5.70 Å². The van der Waals surface area contributed by atoms with Gasteiger partial charge in [0, 0.05) is 12.2 Å². The second-order valence-corrected chi connectivity index (χ2v) is 5.06. The summed E-state index contributed by atoms with van der Waals surface area (Å²) in [5, 5.41) is 3.42. The minimum absolute atomic E-state index is 0.822. The number of hydrogen-bond acceptors (Lipinski definition) is 1. The second kappa shape index (κ2) is 6.95. The van der Waals surface area contributed by atoms with E-state index in [1.165, 1.54) is 22.3 Å². The molecule has 2 aromatic rings. The summed E-state index contributed by atoms with van der Waals surface area (Å²) in [5.41, 5.74) is 6.19. The molecule has 0 aliphatic rings. The fraction of sp³-hybridized carbons (Fsp3) is 0.263. The van der Waals surface area contributed by atoms with Crippen molar-refractivity contribution in [2.24, 2.45) is 0 Å². The van der Waals surface area contributed by atoms with Gasteiger partial charge in [0.15, 0.2) is 0 Å². The Morgan fingerprint density at radius 2 is 1.50 bits per heavy atom. The van der Waals surface area contributed by atoms with Crippen molar-refractivity contribution in [3.05, 3.63) is 77.4 Å². The molecule has 1 heteroatoms. The molecule has 104 valence electrons. The molecule has 0 saturated heterocycles. The van der Waals surface area contributed by atoms with Gasteiger partial charge in [-0.05, 0) is 41.2 Å². The summed E-state index contributed by atoms with van der Waals surface area (Å²) < 4.78 is 0. The molecule has 0 spiro atoms. The Labute approximate surface area is 122 Å². The minimum atomic E-state index is 0.822. The molecule has 0 saturated carbocycles. The zero-order valence-corrected chi connectivity index (χ0v) is 12.4. The molecular formula is C19H23N. The highest BCUT2D eigenvalue weighted by Crippen LogP contribution is 2.14. The number of nitrogens with one attached hydrogen (secondary N) is 1. The maximum Gasteiger partial charge on any atom is 0.0400 e. The lowest BCUT2D eigenvalue weighted by Gasteiger charge is -2.11. The lowest BCUT2D eigenvalue weighted by Crippen LogP contribution is -2.11. The van der Waals surface area contributed by atoms with Crippen LogP contribution in [0.1, 0.15) is 36.1 Å². The van der Waals surface area contributed by atoms with Crippen molar-refractivity contribution in [3.63, 3.8) is 0 Å². The van der Waals surface area contributed by atoms with Crippen LogP contribution in [-0.4, -0.2) is 0 Å². The van der Waals surface area contributed by atoms with Gasteiger partial charge in [-0.15, -0.1) is 0 Å². The fourth-order valence-corrected chi connectivity index (χ4v) is 2.25. The van der Waals surface area contributed by atoms with Crippen molar-refractivity contribution in [3.8, 4) is 0 Å². The van der Waals surface area contributed by atoms with Crippen molar-refractivity contribution in [1.29, 1.82) is 0 Å². The Bertz CT molecular complexity index is 584. The number of rotatable bonds is 6. The van der Waals surface area contributed by atoms with Crippen LogP contribution in [0.3, 0.4) is 0 Å². The van der Waals surface area contributed by atoms with E-state index >= 15 is 0 Å². The van der Waals surface area contributed by atoms with Crippen LogP contribution >= 0.6 is 0 Å². The Morgan fingerprint density at radius 1 is 0.900 bits per heavy atom. The van der Waals surface area contributed by atoms with E-state index in [0.717, 1.165) is 25.1 Å². The third-order valence-corrected chi connectivity index (χ3v) is 3.59. The zero-order chi connectivity index (χ0) is 14.4. The van der Waals surface area contributed by atoms with Gasteiger partial charge in [0.25, 0.3) is 0 Å². The standard InChI is InChI=1S/C19H23N/c1-4-16-8-6-10-18(12-16)14-20-15(3)19-11-7-9-17(5-2)13-19/h6-13,20H,3-5,14H2,1-2H3. The average Bonchev–Trinajstić information content (AvgIpc) is 2.52. The summed E-state index contributed by atoms with van der Waals surface area (Å²) in [5.74, 6) is 0. The fourth-order valence-electron chi connectivity index (χ4n) is 2.25. The highest BCUT2D eigenvalue weighted by Gasteiger charge is 2.00. The first kappa shape index (κ1) is 14.4. The molecule has 0 heterocycles. The highest BCUT2D eigenvalue weighted by atomic mass is 14.9. The summed E-state index contributed by atoms with van der Waals surface area (Å²) in [4.78, 5) is 0. The largest absolute Gasteiger partial charge is 0.381 e. The molecule has 0 aliphatic heterocycles. The predicted octanol–water partition coefficient (Wildman–Crippen LogP) is 4.57. The van der Waals surface area contributed by atoms with E-state index in [2.05, 4.69) is 74.3 Å². The number of hydrogen-bond donors (Lipinski definition) is 1. The van der Waals surface area contributed by atoms with E-state index in [4.69, 9.17) is 0 Å². The van der Waals surface area contributed by atoms with Gasteiger partial charge < -0.3 is 5.32 Å². The smallest absolute Gasteiger partial charge is 0.0400 e. The van der Waals surface area contributed by atoms with Gasteiger partial charge in [-0.25, -0.2) is 0 Å². The van der Waals surface area contributed by atoms with Crippen LogP contribution in [0.2, 0.25) is 0 Å². The topological polar surface area (TPSA) is 12.0 Å². The minimum Gasteiger partial charge on any atom is -0.381 e. The molecule has 0 radical (unpaired) electrons. The number of benzene rings is 2. The lowest BCUT2D eigenvalue weighted by atomic mass is 10.1. The average molecular weight is 265 g/mol. The first-order valence-corrected chi connectivity index (χ1v) is 7.32. The maximum atomic E-state index is 4.15. The van der Waals surface area contributed by atoms with E-state index in [0.29, 0.717) is 0 Å². The molecule has 2 rings (SSSR count). The molecule has 2 aromatic carbocycles. The van der Waals surface area contributed by atoms with Gasteiger partial charge in [0.2, 0.25) is 0 Å². The summed E-state index contributed by atoms with van der Waals surface area (Å²) in [6.45, 7) is 9.32. The van der Waals surface area contributed by atoms with Crippen molar-refractivity contribution in [2.45, 2.75) is 33.2 Å². The van der Waals surface area contributed by atoms with Crippen LogP contribution < -0.4 is 5.32 Å². The van der Waals surface area contributed by atoms with Crippen LogP contribution in [0, 0.1) is 0 Å². The molecule has 20 heavy (non-hydrogen) atoms. The van der Waals surface area contributed by atoms with Gasteiger partial charge in [-0.3, -0.25) is 0 Å². The predicted molar refractivity (Wildman–Crippen MR) is 87.5 cm³/mol. The van der Waals surface area contributed by atoms with Crippen LogP contribution in [0.15, 0.2) is 55.1 Å². The van der Waals surface area contributed by atoms with Gasteiger partial charge in [0.05, 0.1) is 0 Å². The van der Waals surface area contributed by atoms with E-state index in [1.54, 1.807) is 0 Å². The molecule has 0 bridgehead atoms. The second-order valence-electron chi connectivity index (χ2n) is 5.06. The Hall–Kier alpha value is -2.02. The van der Waals surface area contributed by atoms with E-state index in [1.807, 2.05) is 0 Å². The molecule has 1 N–H and O–H groups in total. The molecule has 0 aliphatic carbocycles. The monoisotopic (exact) mass is 265 g/mol. The first-order chi connectivity index (χ1) is 9.72. The Kier molecular flexibility index (Phi) is 5.00. The summed E-state index contributed by atoms with van der Waals surface area (Å²) in [6, 6.07) is 17.3. The van der Waals surface area contributed by atoms with E-state index in [-0.39, 0.29) is 0 Å². The molecule has 0 atom stereocenters. The number of aryl methyl sites for hydroxylation is 2. The van der Waals surface area contributed by atoms with E-state index < -0.39 is 0 Å². The molecular weight excluding hydrogens is 242 g/mol. The normalized spacial score (nSPS) is 10.3. The van der Waals surface area contributed by atoms with Crippen molar-refractivity contribution >= 4 is 5.70 Å². The highest BCUT2D eigenvalue weighted by molar-refractivity contribution is 5.62. The van der Waals surface area contributed by atoms with Crippen molar-refractivity contribution in [1.82, 2.24) is 5.32 Å². The van der Waals surface area contributed by atoms with E-state index in [9.17, 15) is 0 Å². The quantitative estimate of drug-likeness (QED) is 0.806. The SMILES string of the molecule is C=C(NCc1cccc(CC)c1)c1cccc(CC)c1. The van der Waals surface area contributed by atoms with Gasteiger partial charge >= 0.3 is 0 Å². The molecule has 0 fully saturated rings. The van der Waals surface area contributed by atoms with Crippen LogP contribution in [0.4, 0.5) is 0 Å². The third kappa shape index (κ3) is 3.74. The van der Waals surface area contributed by atoms with Gasteiger partial charge in [0.1, 0.15) is 0 Å². The summed E-state index contributed by atoms with van der Waals surface area (Å²) >= 11 is 0. The third-order valence-electron chi connectivity index (χ3n) is 3.59. The van der Waals surface area contributed by atoms with Crippen molar-refractivity contribution in [2.75, 3.05) is 0 Å².